The van der Waals surface area contributed by atoms with Gasteiger partial charge in [0.15, 0.2) is 0 Å². The number of carbonyl (C=O) groups excluding carboxylic acids is 2. The zero-order chi connectivity index (χ0) is 21.3. The molecular formula is C25H27NO4. The van der Waals surface area contributed by atoms with Crippen molar-refractivity contribution in [1.29, 1.82) is 0 Å². The zero-order valence-electron chi connectivity index (χ0n) is 17.4. The summed E-state index contributed by atoms with van der Waals surface area (Å²) in [7, 11) is 0. The summed E-state index contributed by atoms with van der Waals surface area (Å²) < 4.78 is 5.74. The van der Waals surface area contributed by atoms with Gasteiger partial charge in [-0.15, -0.1) is 0 Å². The summed E-state index contributed by atoms with van der Waals surface area (Å²) in [6, 6.07) is 14.3. The average Bonchev–Trinajstić information content (AvgIpc) is 3.25. The van der Waals surface area contributed by atoms with Crippen molar-refractivity contribution in [3.8, 4) is 5.75 Å². The lowest BCUT2D eigenvalue weighted by molar-refractivity contribution is -0.139. The first-order valence-electron chi connectivity index (χ1n) is 10.6. The van der Waals surface area contributed by atoms with Gasteiger partial charge in [-0.3, -0.25) is 9.59 Å². The molecule has 0 saturated carbocycles. The van der Waals surface area contributed by atoms with Crippen molar-refractivity contribution in [2.45, 2.75) is 51.7 Å². The van der Waals surface area contributed by atoms with Crippen molar-refractivity contribution in [3.63, 3.8) is 0 Å². The Labute approximate surface area is 177 Å². The Balaban J connectivity index is 1.78. The lowest BCUT2D eigenvalue weighted by Gasteiger charge is -2.25. The van der Waals surface area contributed by atoms with E-state index in [0.717, 1.165) is 42.6 Å². The Hall–Kier alpha value is -3.08. The first-order valence-corrected chi connectivity index (χ1v) is 10.6. The number of ketones is 1. The number of carbonyl (C=O) groups is 2. The average molecular weight is 405 g/mol. The molecule has 30 heavy (non-hydrogen) atoms. The highest BCUT2D eigenvalue weighted by molar-refractivity contribution is 6.46. The van der Waals surface area contributed by atoms with Gasteiger partial charge >= 0.3 is 0 Å². The molecule has 5 nitrogen and oxygen atoms in total. The molecule has 0 radical (unpaired) electrons. The van der Waals surface area contributed by atoms with Gasteiger partial charge in [0.05, 0.1) is 11.6 Å². The minimum absolute atomic E-state index is 0.0888. The molecule has 5 heteroatoms. The summed E-state index contributed by atoms with van der Waals surface area (Å²) >= 11 is 0. The standard InChI is InChI=1S/C25H27NO4/c1-3-4-8-13-26-22(17-9-6-5-7-10-17)21(24(28)25(26)29)23(27)18-11-12-20-19(15-18)14-16(2)30-20/h5-7,9-12,15-16,22,27H,3-4,8,13-14H2,1-2H3/b23-21-. The van der Waals surface area contributed by atoms with Crippen molar-refractivity contribution in [2.75, 3.05) is 6.54 Å². The molecule has 0 bridgehead atoms. The fourth-order valence-electron chi connectivity index (χ4n) is 4.35. The molecule has 2 aromatic carbocycles. The summed E-state index contributed by atoms with van der Waals surface area (Å²) in [6.45, 7) is 4.59. The molecule has 2 aliphatic heterocycles. The molecule has 4 rings (SSSR count). The summed E-state index contributed by atoms with van der Waals surface area (Å²) in [6.07, 6.45) is 3.67. The maximum atomic E-state index is 13.0. The lowest BCUT2D eigenvalue weighted by atomic mass is 9.94. The molecule has 1 N–H and O–H groups in total. The number of unbranched alkanes of at least 4 members (excludes halogenated alkanes) is 2. The molecule has 0 aromatic heterocycles. The topological polar surface area (TPSA) is 66.8 Å². The molecule has 2 atom stereocenters. The molecule has 2 aliphatic rings. The van der Waals surface area contributed by atoms with Crippen LogP contribution in [0.15, 0.2) is 54.1 Å². The minimum Gasteiger partial charge on any atom is -0.507 e. The van der Waals surface area contributed by atoms with Gasteiger partial charge in [-0.25, -0.2) is 0 Å². The largest absolute Gasteiger partial charge is 0.507 e. The van der Waals surface area contributed by atoms with Crippen LogP contribution >= 0.6 is 0 Å². The van der Waals surface area contributed by atoms with Crippen LogP contribution in [0.5, 0.6) is 5.75 Å². The van der Waals surface area contributed by atoms with Crippen molar-refractivity contribution in [1.82, 2.24) is 4.90 Å². The highest BCUT2D eigenvalue weighted by atomic mass is 16.5. The van der Waals surface area contributed by atoms with Crippen LogP contribution in [0.2, 0.25) is 0 Å². The third-order valence-electron chi connectivity index (χ3n) is 5.83. The number of benzene rings is 2. The second kappa shape index (κ2) is 8.34. The smallest absolute Gasteiger partial charge is 0.295 e. The predicted molar refractivity (Wildman–Crippen MR) is 115 cm³/mol. The number of aliphatic hydroxyl groups is 1. The number of aliphatic hydroxyl groups excluding tert-OH is 1. The van der Waals surface area contributed by atoms with E-state index in [2.05, 4.69) is 6.92 Å². The van der Waals surface area contributed by atoms with E-state index >= 15 is 0 Å². The molecule has 0 spiro atoms. The fraction of sp³-hybridized carbons (Fsp3) is 0.360. The molecular weight excluding hydrogens is 378 g/mol. The molecule has 1 saturated heterocycles. The Bertz CT molecular complexity index is 995. The second-order valence-electron chi connectivity index (χ2n) is 8.07. The quantitative estimate of drug-likeness (QED) is 0.330. The molecule has 1 fully saturated rings. The SMILES string of the molecule is CCCCCN1C(=O)C(=O)/C(=C(\O)c2ccc3c(c2)CC(C)O3)C1c1ccccc1. The van der Waals surface area contributed by atoms with Crippen molar-refractivity contribution >= 4 is 17.4 Å². The Morgan fingerprint density at radius 3 is 2.63 bits per heavy atom. The third-order valence-corrected chi connectivity index (χ3v) is 5.83. The number of rotatable bonds is 6. The zero-order valence-corrected chi connectivity index (χ0v) is 17.4. The number of amides is 1. The van der Waals surface area contributed by atoms with E-state index in [1.807, 2.05) is 49.4 Å². The normalized spacial score (nSPS) is 22.3. The van der Waals surface area contributed by atoms with Gasteiger partial charge in [-0.1, -0.05) is 50.1 Å². The van der Waals surface area contributed by atoms with E-state index < -0.39 is 17.7 Å². The highest BCUT2D eigenvalue weighted by Gasteiger charge is 2.45. The van der Waals surface area contributed by atoms with E-state index in [0.29, 0.717) is 12.1 Å². The van der Waals surface area contributed by atoms with Crippen LogP contribution in [0.3, 0.4) is 0 Å². The molecule has 2 unspecified atom stereocenters. The van der Waals surface area contributed by atoms with Crippen LogP contribution in [0, 0.1) is 0 Å². The Kier molecular flexibility index (Phi) is 5.62. The summed E-state index contributed by atoms with van der Waals surface area (Å²) in [5, 5.41) is 11.2. The number of hydrogen-bond acceptors (Lipinski definition) is 4. The number of hydrogen-bond donors (Lipinski definition) is 1. The van der Waals surface area contributed by atoms with Gasteiger partial charge in [0, 0.05) is 18.5 Å². The molecule has 2 aromatic rings. The van der Waals surface area contributed by atoms with Crippen molar-refractivity contribution in [2.24, 2.45) is 0 Å². The number of nitrogens with zero attached hydrogens (tertiary/aromatic N) is 1. The second-order valence-corrected chi connectivity index (χ2v) is 8.07. The lowest BCUT2D eigenvalue weighted by Crippen LogP contribution is -2.30. The summed E-state index contributed by atoms with van der Waals surface area (Å²) in [5.74, 6) is -0.483. The Morgan fingerprint density at radius 2 is 1.90 bits per heavy atom. The Morgan fingerprint density at radius 1 is 1.13 bits per heavy atom. The maximum absolute atomic E-state index is 13.0. The van der Waals surface area contributed by atoms with Gasteiger partial charge in [0.2, 0.25) is 0 Å². The van der Waals surface area contributed by atoms with Gasteiger partial charge in [-0.05, 0) is 42.7 Å². The number of Topliss-reactive ketones (excluding diaryl/α,β-unsaturated/α-hetero) is 1. The number of fused-ring (bicyclic) bond motifs is 1. The first-order chi connectivity index (χ1) is 14.5. The van der Waals surface area contributed by atoms with E-state index in [1.165, 1.54) is 0 Å². The van der Waals surface area contributed by atoms with Crippen molar-refractivity contribution < 1.29 is 19.4 Å². The van der Waals surface area contributed by atoms with Gasteiger partial charge in [0.1, 0.15) is 17.6 Å². The minimum atomic E-state index is -0.622. The first kappa shape index (κ1) is 20.2. The van der Waals surface area contributed by atoms with Crippen molar-refractivity contribution in [3.05, 3.63) is 70.8 Å². The van der Waals surface area contributed by atoms with E-state index in [9.17, 15) is 14.7 Å². The van der Waals surface area contributed by atoms with E-state index in [1.54, 1.807) is 11.0 Å². The van der Waals surface area contributed by atoms with Gasteiger partial charge in [-0.2, -0.15) is 0 Å². The monoisotopic (exact) mass is 405 g/mol. The summed E-state index contributed by atoms with van der Waals surface area (Å²) in [5.41, 5.74) is 2.53. The van der Waals surface area contributed by atoms with Gasteiger partial charge < -0.3 is 14.7 Å². The predicted octanol–water partition coefficient (Wildman–Crippen LogP) is 4.62. The van der Waals surface area contributed by atoms with Crippen LogP contribution in [-0.2, 0) is 16.0 Å². The van der Waals surface area contributed by atoms with Crippen LogP contribution in [0.4, 0.5) is 0 Å². The summed E-state index contributed by atoms with van der Waals surface area (Å²) in [4.78, 5) is 27.5. The van der Waals surface area contributed by atoms with E-state index in [-0.39, 0.29) is 17.4 Å². The number of ether oxygens (including phenoxy) is 1. The molecule has 0 aliphatic carbocycles. The fourth-order valence-corrected chi connectivity index (χ4v) is 4.35. The molecule has 1 amide bonds. The van der Waals surface area contributed by atoms with E-state index in [4.69, 9.17) is 4.74 Å². The van der Waals surface area contributed by atoms with Crippen LogP contribution in [0.25, 0.3) is 5.76 Å². The van der Waals surface area contributed by atoms with Crippen LogP contribution in [0.1, 0.15) is 55.8 Å². The maximum Gasteiger partial charge on any atom is 0.295 e. The molecule has 156 valence electrons. The van der Waals surface area contributed by atoms with Crippen LogP contribution < -0.4 is 4.74 Å². The number of likely N-dealkylation sites (tertiary alicyclic amines) is 1. The highest BCUT2D eigenvalue weighted by Crippen LogP contribution is 2.40. The third kappa shape index (κ3) is 3.60. The van der Waals surface area contributed by atoms with Gasteiger partial charge in [0.25, 0.3) is 11.7 Å². The molecule has 2 heterocycles. The van der Waals surface area contributed by atoms with Crippen LogP contribution in [-0.4, -0.2) is 34.3 Å².